The molecule has 0 unspecified atom stereocenters. The van der Waals surface area contributed by atoms with Crippen molar-refractivity contribution in [2.24, 2.45) is 5.73 Å². The molecule has 1 aromatic heterocycles. The third-order valence-corrected chi connectivity index (χ3v) is 2.54. The van der Waals surface area contributed by atoms with Crippen LogP contribution in [0.2, 0.25) is 0 Å². The second-order valence-electron chi connectivity index (χ2n) is 3.66. The van der Waals surface area contributed by atoms with E-state index in [4.69, 9.17) is 10.2 Å². The molecule has 0 saturated heterocycles. The zero-order valence-electron chi connectivity index (χ0n) is 9.43. The van der Waals surface area contributed by atoms with E-state index in [1.807, 2.05) is 13.0 Å². The summed E-state index contributed by atoms with van der Waals surface area (Å²) in [6.45, 7) is 2.37. The lowest BCUT2D eigenvalue weighted by molar-refractivity contribution is 0.1000. The minimum atomic E-state index is -0.425. The van der Waals surface area contributed by atoms with Gasteiger partial charge >= 0.3 is 0 Å². The molecule has 0 aliphatic rings. The van der Waals surface area contributed by atoms with Gasteiger partial charge in [0.2, 0.25) is 5.91 Å². The molecule has 0 aliphatic heterocycles. The molecule has 1 amide bonds. The number of rotatable bonds is 4. The average molecular weight is 231 g/mol. The number of primary amides is 1. The Morgan fingerprint density at radius 3 is 3.00 bits per heavy atom. The van der Waals surface area contributed by atoms with E-state index in [0.29, 0.717) is 12.1 Å². The Morgan fingerprint density at radius 1 is 1.53 bits per heavy atom. The number of nitrogens with zero attached hydrogens (tertiary/aromatic N) is 1. The fraction of sp³-hybridized carbons (Fsp3) is 0.167. The summed E-state index contributed by atoms with van der Waals surface area (Å²) in [5.74, 6) is 0.305. The zero-order chi connectivity index (χ0) is 12.3. The van der Waals surface area contributed by atoms with Gasteiger partial charge < -0.3 is 15.5 Å². The van der Waals surface area contributed by atoms with Gasteiger partial charge in [-0.15, -0.1) is 0 Å². The predicted octanol–water partition coefficient (Wildman–Crippen LogP) is 1.69. The normalized spacial score (nSPS) is 10.2. The van der Waals surface area contributed by atoms with Crippen LogP contribution in [0.1, 0.15) is 21.7 Å². The van der Waals surface area contributed by atoms with Crippen LogP contribution in [0.25, 0.3) is 0 Å². The lowest BCUT2D eigenvalue weighted by Crippen LogP contribution is -2.13. The maximum atomic E-state index is 11.2. The highest BCUT2D eigenvalue weighted by Gasteiger charge is 2.08. The van der Waals surface area contributed by atoms with E-state index >= 15 is 0 Å². The van der Waals surface area contributed by atoms with E-state index in [1.54, 1.807) is 18.3 Å². The number of carbonyl (C=O) groups excluding carboxylic acids is 1. The SMILES string of the molecule is Cc1c(NCc2cnco2)cccc1C(N)=O. The van der Waals surface area contributed by atoms with Crippen LogP contribution in [-0.4, -0.2) is 10.9 Å². The Kier molecular flexibility index (Phi) is 3.09. The van der Waals surface area contributed by atoms with Crippen LogP contribution < -0.4 is 11.1 Å². The summed E-state index contributed by atoms with van der Waals surface area (Å²) < 4.78 is 5.11. The molecule has 1 heterocycles. The third-order valence-electron chi connectivity index (χ3n) is 2.54. The maximum absolute atomic E-state index is 11.2. The van der Waals surface area contributed by atoms with Gasteiger partial charge in [-0.05, 0) is 24.6 Å². The van der Waals surface area contributed by atoms with Crippen molar-refractivity contribution < 1.29 is 9.21 Å². The lowest BCUT2D eigenvalue weighted by atomic mass is 10.1. The van der Waals surface area contributed by atoms with Gasteiger partial charge in [0.15, 0.2) is 6.39 Å². The average Bonchev–Trinajstić information content (AvgIpc) is 2.80. The van der Waals surface area contributed by atoms with Gasteiger partial charge in [-0.25, -0.2) is 4.98 Å². The molecule has 0 fully saturated rings. The van der Waals surface area contributed by atoms with Crippen LogP contribution in [0, 0.1) is 6.92 Å². The first-order valence-corrected chi connectivity index (χ1v) is 5.19. The molecule has 2 aromatic rings. The van der Waals surface area contributed by atoms with Gasteiger partial charge in [0.05, 0.1) is 12.7 Å². The summed E-state index contributed by atoms with van der Waals surface area (Å²) in [5.41, 5.74) is 7.49. The first kappa shape index (κ1) is 11.2. The molecule has 0 aliphatic carbocycles. The largest absolute Gasteiger partial charge is 0.447 e. The number of hydrogen-bond acceptors (Lipinski definition) is 4. The van der Waals surface area contributed by atoms with E-state index in [9.17, 15) is 4.79 Å². The van der Waals surface area contributed by atoms with Crippen LogP contribution in [-0.2, 0) is 6.54 Å². The van der Waals surface area contributed by atoms with Crippen molar-refractivity contribution in [1.29, 1.82) is 0 Å². The number of amides is 1. The van der Waals surface area contributed by atoms with Crippen LogP contribution in [0.15, 0.2) is 35.2 Å². The highest BCUT2D eigenvalue weighted by atomic mass is 16.3. The Bertz CT molecular complexity index is 521. The molecule has 0 spiro atoms. The van der Waals surface area contributed by atoms with Crippen LogP contribution in [0.3, 0.4) is 0 Å². The molecule has 2 rings (SSSR count). The fourth-order valence-electron chi connectivity index (χ4n) is 1.61. The molecule has 5 nitrogen and oxygen atoms in total. The standard InChI is InChI=1S/C12H13N3O2/c1-8-10(12(13)16)3-2-4-11(8)15-6-9-5-14-7-17-9/h2-5,7,15H,6H2,1H3,(H2,13,16). The van der Waals surface area contributed by atoms with Gasteiger partial charge in [0, 0.05) is 11.3 Å². The highest BCUT2D eigenvalue weighted by Crippen LogP contribution is 2.19. The Balaban J connectivity index is 2.16. The van der Waals surface area contributed by atoms with Gasteiger partial charge in [-0.3, -0.25) is 4.79 Å². The van der Waals surface area contributed by atoms with Crippen molar-refractivity contribution in [2.45, 2.75) is 13.5 Å². The summed E-state index contributed by atoms with van der Waals surface area (Å²) in [7, 11) is 0. The van der Waals surface area contributed by atoms with E-state index in [0.717, 1.165) is 17.0 Å². The second kappa shape index (κ2) is 4.69. The molecule has 5 heteroatoms. The number of aromatic nitrogens is 1. The second-order valence-corrected chi connectivity index (χ2v) is 3.66. The maximum Gasteiger partial charge on any atom is 0.249 e. The Labute approximate surface area is 98.6 Å². The number of benzene rings is 1. The molecule has 0 radical (unpaired) electrons. The van der Waals surface area contributed by atoms with Gasteiger partial charge in [-0.2, -0.15) is 0 Å². The number of anilines is 1. The van der Waals surface area contributed by atoms with Crippen molar-refractivity contribution >= 4 is 11.6 Å². The van der Waals surface area contributed by atoms with Crippen LogP contribution >= 0.6 is 0 Å². The molecular formula is C12H13N3O2. The summed E-state index contributed by atoms with van der Waals surface area (Å²) in [6, 6.07) is 5.38. The predicted molar refractivity (Wildman–Crippen MR) is 63.5 cm³/mol. The molecule has 0 atom stereocenters. The van der Waals surface area contributed by atoms with E-state index in [1.165, 1.54) is 6.39 Å². The van der Waals surface area contributed by atoms with E-state index in [2.05, 4.69) is 10.3 Å². The molecule has 17 heavy (non-hydrogen) atoms. The first-order chi connectivity index (χ1) is 8.18. The van der Waals surface area contributed by atoms with Gasteiger partial charge in [0.25, 0.3) is 0 Å². The highest BCUT2D eigenvalue weighted by molar-refractivity contribution is 5.95. The van der Waals surface area contributed by atoms with Gasteiger partial charge in [-0.1, -0.05) is 6.07 Å². The molecule has 88 valence electrons. The minimum Gasteiger partial charge on any atom is -0.447 e. The topological polar surface area (TPSA) is 81.2 Å². The number of nitrogens with two attached hydrogens (primary N) is 1. The fourth-order valence-corrected chi connectivity index (χ4v) is 1.61. The quantitative estimate of drug-likeness (QED) is 0.839. The molecular weight excluding hydrogens is 218 g/mol. The van der Waals surface area contributed by atoms with Crippen molar-refractivity contribution in [2.75, 3.05) is 5.32 Å². The van der Waals surface area contributed by atoms with Gasteiger partial charge in [0.1, 0.15) is 5.76 Å². The summed E-state index contributed by atoms with van der Waals surface area (Å²) in [5, 5.41) is 3.17. The number of hydrogen-bond donors (Lipinski definition) is 2. The Morgan fingerprint density at radius 2 is 2.35 bits per heavy atom. The van der Waals surface area contributed by atoms with Crippen molar-refractivity contribution in [3.8, 4) is 0 Å². The zero-order valence-corrected chi connectivity index (χ0v) is 9.43. The smallest absolute Gasteiger partial charge is 0.249 e. The van der Waals surface area contributed by atoms with E-state index < -0.39 is 5.91 Å². The molecule has 0 bridgehead atoms. The monoisotopic (exact) mass is 231 g/mol. The molecule has 1 aromatic carbocycles. The minimum absolute atomic E-state index is 0.425. The summed E-state index contributed by atoms with van der Waals surface area (Å²) in [4.78, 5) is 15.0. The lowest BCUT2D eigenvalue weighted by Gasteiger charge is -2.10. The van der Waals surface area contributed by atoms with Crippen LogP contribution in [0.5, 0.6) is 0 Å². The molecule has 3 N–H and O–H groups in total. The number of carbonyl (C=O) groups is 1. The molecule has 0 saturated carbocycles. The number of nitrogens with one attached hydrogen (secondary N) is 1. The van der Waals surface area contributed by atoms with Crippen LogP contribution in [0.4, 0.5) is 5.69 Å². The summed E-state index contributed by atoms with van der Waals surface area (Å²) in [6.07, 6.45) is 3.02. The third kappa shape index (κ3) is 2.44. The van der Waals surface area contributed by atoms with Crippen molar-refractivity contribution in [1.82, 2.24) is 4.98 Å². The first-order valence-electron chi connectivity index (χ1n) is 5.19. The van der Waals surface area contributed by atoms with Crippen molar-refractivity contribution in [3.63, 3.8) is 0 Å². The summed E-state index contributed by atoms with van der Waals surface area (Å²) >= 11 is 0. The van der Waals surface area contributed by atoms with E-state index in [-0.39, 0.29) is 0 Å². The Hall–Kier alpha value is -2.30. The number of oxazole rings is 1. The van der Waals surface area contributed by atoms with Crippen molar-refractivity contribution in [3.05, 3.63) is 47.7 Å².